The minimum absolute atomic E-state index is 0.0601. The number of benzene rings is 2. The number of amides is 3. The Morgan fingerprint density at radius 2 is 1.68 bits per heavy atom. The van der Waals surface area contributed by atoms with Crippen molar-refractivity contribution in [1.82, 2.24) is 10.2 Å². The molecule has 1 atom stereocenters. The van der Waals surface area contributed by atoms with Gasteiger partial charge in [-0.15, -0.1) is 0 Å². The van der Waals surface area contributed by atoms with Crippen LogP contribution in [0.25, 0.3) is 0 Å². The molecule has 0 bridgehead atoms. The van der Waals surface area contributed by atoms with Gasteiger partial charge in [-0.2, -0.15) is 0 Å². The first-order valence-electron chi connectivity index (χ1n) is 10.7. The second-order valence-electron chi connectivity index (χ2n) is 8.30. The number of likely N-dealkylation sites (tertiary alicyclic amines) is 1. The highest BCUT2D eigenvalue weighted by molar-refractivity contribution is 5.96. The van der Waals surface area contributed by atoms with Gasteiger partial charge in [-0.1, -0.05) is 12.1 Å². The number of halogens is 1. The molecule has 0 spiro atoms. The maximum Gasteiger partial charge on any atom is 0.251 e. The van der Waals surface area contributed by atoms with E-state index in [2.05, 4.69) is 10.6 Å². The third-order valence-electron chi connectivity index (χ3n) is 5.74. The van der Waals surface area contributed by atoms with Crippen LogP contribution in [0.2, 0.25) is 0 Å². The monoisotopic (exact) mass is 423 g/mol. The first-order valence-corrected chi connectivity index (χ1v) is 10.7. The van der Waals surface area contributed by atoms with Gasteiger partial charge in [0.1, 0.15) is 5.82 Å². The van der Waals surface area contributed by atoms with Crippen LogP contribution in [-0.2, 0) is 16.0 Å². The van der Waals surface area contributed by atoms with E-state index in [1.165, 1.54) is 12.1 Å². The fourth-order valence-electron chi connectivity index (χ4n) is 3.75. The zero-order valence-corrected chi connectivity index (χ0v) is 17.3. The van der Waals surface area contributed by atoms with Crippen LogP contribution >= 0.6 is 0 Å². The van der Waals surface area contributed by atoms with Crippen molar-refractivity contribution in [2.75, 3.05) is 18.4 Å². The number of rotatable bonds is 6. The SMILES string of the molecule is O=C(NC1CC1)c1ccc(NC(=O)C2CCCN(C(=O)Cc3ccc(F)cc3)C2)cc1. The van der Waals surface area contributed by atoms with Crippen LogP contribution in [0.4, 0.5) is 10.1 Å². The number of hydrogen-bond donors (Lipinski definition) is 2. The summed E-state index contributed by atoms with van der Waals surface area (Å²) in [4.78, 5) is 39.1. The van der Waals surface area contributed by atoms with Crippen molar-refractivity contribution in [3.63, 3.8) is 0 Å². The summed E-state index contributed by atoms with van der Waals surface area (Å²) in [5, 5.41) is 5.83. The summed E-state index contributed by atoms with van der Waals surface area (Å²) < 4.78 is 13.1. The lowest BCUT2D eigenvalue weighted by Crippen LogP contribution is -2.44. The van der Waals surface area contributed by atoms with Crippen LogP contribution in [0.15, 0.2) is 48.5 Å². The molecule has 1 aliphatic heterocycles. The summed E-state index contributed by atoms with van der Waals surface area (Å²) in [6, 6.07) is 13.0. The zero-order chi connectivity index (χ0) is 21.8. The third-order valence-corrected chi connectivity index (χ3v) is 5.74. The Bertz CT molecular complexity index is 955. The van der Waals surface area contributed by atoms with Gasteiger partial charge in [-0.3, -0.25) is 14.4 Å². The normalized spacial score (nSPS) is 18.4. The van der Waals surface area contributed by atoms with Crippen molar-refractivity contribution in [3.8, 4) is 0 Å². The zero-order valence-electron chi connectivity index (χ0n) is 17.3. The minimum Gasteiger partial charge on any atom is -0.349 e. The molecule has 2 aromatic rings. The summed E-state index contributed by atoms with van der Waals surface area (Å²) in [5.74, 6) is -0.904. The van der Waals surface area contributed by atoms with Crippen molar-refractivity contribution in [2.24, 2.45) is 5.92 Å². The van der Waals surface area contributed by atoms with E-state index in [1.807, 2.05) is 0 Å². The van der Waals surface area contributed by atoms with E-state index in [9.17, 15) is 18.8 Å². The molecule has 2 N–H and O–H groups in total. The van der Waals surface area contributed by atoms with Gasteiger partial charge in [0.2, 0.25) is 11.8 Å². The number of nitrogens with zero attached hydrogens (tertiary/aromatic N) is 1. The predicted octanol–water partition coefficient (Wildman–Crippen LogP) is 3.14. The van der Waals surface area contributed by atoms with Gasteiger partial charge in [-0.25, -0.2) is 4.39 Å². The Hall–Kier alpha value is -3.22. The number of anilines is 1. The standard InChI is InChI=1S/C24H26FN3O3/c25-19-7-3-16(4-8-19)14-22(29)28-13-1-2-18(15-28)24(31)27-20-9-5-17(6-10-20)23(30)26-21-11-12-21/h3-10,18,21H,1-2,11-15H2,(H,26,30)(H,27,31). The molecular weight excluding hydrogens is 397 g/mol. The lowest BCUT2D eigenvalue weighted by Gasteiger charge is -2.32. The van der Waals surface area contributed by atoms with Gasteiger partial charge in [0.15, 0.2) is 0 Å². The van der Waals surface area contributed by atoms with Crippen molar-refractivity contribution in [2.45, 2.75) is 38.1 Å². The molecule has 1 aliphatic carbocycles. The summed E-state index contributed by atoms with van der Waals surface area (Å²) in [6.45, 7) is 0.988. The van der Waals surface area contributed by atoms with Gasteiger partial charge in [0.05, 0.1) is 12.3 Å². The lowest BCUT2D eigenvalue weighted by molar-refractivity contribution is -0.133. The Morgan fingerprint density at radius 1 is 0.968 bits per heavy atom. The van der Waals surface area contributed by atoms with Crippen molar-refractivity contribution >= 4 is 23.4 Å². The van der Waals surface area contributed by atoms with E-state index in [1.54, 1.807) is 41.3 Å². The first kappa shape index (κ1) is 21.0. The highest BCUT2D eigenvalue weighted by atomic mass is 19.1. The predicted molar refractivity (Wildman–Crippen MR) is 115 cm³/mol. The topological polar surface area (TPSA) is 78.5 Å². The van der Waals surface area contributed by atoms with E-state index in [0.717, 1.165) is 24.8 Å². The van der Waals surface area contributed by atoms with Crippen molar-refractivity contribution in [3.05, 3.63) is 65.5 Å². The van der Waals surface area contributed by atoms with Gasteiger partial charge in [0.25, 0.3) is 5.91 Å². The minimum atomic E-state index is -0.331. The van der Waals surface area contributed by atoms with Crippen LogP contribution in [0, 0.1) is 11.7 Å². The van der Waals surface area contributed by atoms with Gasteiger partial charge < -0.3 is 15.5 Å². The molecule has 1 unspecified atom stereocenters. The molecule has 1 saturated carbocycles. The molecule has 2 fully saturated rings. The molecule has 3 amide bonds. The molecule has 4 rings (SSSR count). The highest BCUT2D eigenvalue weighted by Crippen LogP contribution is 2.21. The van der Waals surface area contributed by atoms with E-state index < -0.39 is 0 Å². The van der Waals surface area contributed by atoms with Gasteiger partial charge in [-0.05, 0) is 67.6 Å². The summed E-state index contributed by atoms with van der Waals surface area (Å²) in [7, 11) is 0. The fraction of sp³-hybridized carbons (Fsp3) is 0.375. The summed E-state index contributed by atoms with van der Waals surface area (Å²) in [5.41, 5.74) is 1.95. The van der Waals surface area contributed by atoms with Crippen LogP contribution in [0.1, 0.15) is 41.6 Å². The first-order chi connectivity index (χ1) is 15.0. The quantitative estimate of drug-likeness (QED) is 0.749. The lowest BCUT2D eigenvalue weighted by atomic mass is 9.96. The number of hydrogen-bond acceptors (Lipinski definition) is 3. The maximum absolute atomic E-state index is 13.1. The fourth-order valence-corrected chi connectivity index (χ4v) is 3.75. The number of nitrogens with one attached hydrogen (secondary N) is 2. The molecular formula is C24H26FN3O3. The molecule has 0 aromatic heterocycles. The Morgan fingerprint density at radius 3 is 2.35 bits per heavy atom. The maximum atomic E-state index is 13.1. The second-order valence-corrected chi connectivity index (χ2v) is 8.30. The second kappa shape index (κ2) is 9.29. The van der Waals surface area contributed by atoms with E-state index in [-0.39, 0.29) is 35.9 Å². The molecule has 6 nitrogen and oxygen atoms in total. The van der Waals surface area contributed by atoms with Gasteiger partial charge >= 0.3 is 0 Å². The number of carbonyl (C=O) groups is 3. The Balaban J connectivity index is 1.30. The Kier molecular flexibility index (Phi) is 6.30. The Labute approximate surface area is 180 Å². The molecule has 2 aromatic carbocycles. The van der Waals surface area contributed by atoms with Crippen molar-refractivity contribution < 1.29 is 18.8 Å². The molecule has 162 valence electrons. The molecule has 2 aliphatic rings. The molecule has 0 radical (unpaired) electrons. The van der Waals surface area contributed by atoms with Crippen LogP contribution in [0.3, 0.4) is 0 Å². The highest BCUT2D eigenvalue weighted by Gasteiger charge is 2.28. The number of carbonyl (C=O) groups excluding carboxylic acids is 3. The molecule has 31 heavy (non-hydrogen) atoms. The van der Waals surface area contributed by atoms with Gasteiger partial charge in [0, 0.05) is 30.4 Å². The van der Waals surface area contributed by atoms with Crippen molar-refractivity contribution in [1.29, 1.82) is 0 Å². The van der Waals surface area contributed by atoms with Crippen LogP contribution in [0.5, 0.6) is 0 Å². The number of piperidine rings is 1. The van der Waals surface area contributed by atoms with Crippen LogP contribution in [-0.4, -0.2) is 41.8 Å². The third kappa shape index (κ3) is 5.69. The summed E-state index contributed by atoms with van der Waals surface area (Å²) >= 11 is 0. The van der Waals surface area contributed by atoms with E-state index in [0.29, 0.717) is 36.8 Å². The molecule has 1 heterocycles. The average Bonchev–Trinajstić information content (AvgIpc) is 3.60. The average molecular weight is 423 g/mol. The molecule has 1 saturated heterocycles. The van der Waals surface area contributed by atoms with E-state index in [4.69, 9.17) is 0 Å². The summed E-state index contributed by atoms with van der Waals surface area (Å²) in [6.07, 6.45) is 3.73. The van der Waals surface area contributed by atoms with E-state index >= 15 is 0 Å². The molecule has 7 heteroatoms. The van der Waals surface area contributed by atoms with Crippen LogP contribution < -0.4 is 10.6 Å². The largest absolute Gasteiger partial charge is 0.349 e. The smallest absolute Gasteiger partial charge is 0.251 e.